The molecule has 1 saturated heterocycles. The average Bonchev–Trinajstić information content (AvgIpc) is 3.02. The summed E-state index contributed by atoms with van der Waals surface area (Å²) in [5.41, 5.74) is 3.87. The second kappa shape index (κ2) is 13.2. The van der Waals surface area contributed by atoms with Crippen LogP contribution in [0.2, 0.25) is 0 Å². The van der Waals surface area contributed by atoms with Gasteiger partial charge in [-0.1, -0.05) is 61.0 Å². The van der Waals surface area contributed by atoms with Gasteiger partial charge in [0.05, 0.1) is 17.8 Å². The van der Waals surface area contributed by atoms with Crippen LogP contribution in [0.3, 0.4) is 0 Å². The fourth-order valence-corrected chi connectivity index (χ4v) is 5.93. The number of carbonyl (C=O) groups excluding carboxylic acids is 1. The minimum Gasteiger partial charge on any atom is -0.493 e. The van der Waals surface area contributed by atoms with Crippen molar-refractivity contribution < 1.29 is 19.0 Å². The van der Waals surface area contributed by atoms with Gasteiger partial charge in [0.1, 0.15) is 24.2 Å². The van der Waals surface area contributed by atoms with Crippen LogP contribution in [0.15, 0.2) is 84.9 Å². The number of carbonyl (C=O) groups is 1. The van der Waals surface area contributed by atoms with Crippen molar-refractivity contribution in [3.05, 3.63) is 102 Å². The third kappa shape index (κ3) is 7.06. The van der Waals surface area contributed by atoms with Crippen LogP contribution in [0.4, 0.5) is 0 Å². The lowest BCUT2D eigenvalue weighted by atomic mass is 9.88. The number of likely N-dealkylation sites (tertiary alicyclic amines) is 1. The molecule has 0 radical (unpaired) electrons. The zero-order chi connectivity index (χ0) is 27.9. The minimum absolute atomic E-state index is 0.00773. The van der Waals surface area contributed by atoms with Crippen LogP contribution in [-0.2, 0) is 22.6 Å². The zero-order valence-electron chi connectivity index (χ0n) is 23.5. The molecule has 212 valence electrons. The van der Waals surface area contributed by atoms with E-state index in [9.17, 15) is 4.79 Å². The molecule has 2 aliphatic heterocycles. The normalized spacial score (nSPS) is 18.8. The molecule has 0 bridgehead atoms. The van der Waals surface area contributed by atoms with E-state index in [0.717, 1.165) is 60.4 Å². The fourth-order valence-electron chi connectivity index (χ4n) is 5.93. The standard InChI is InChI=1S/C35H38N2O4/c38-34(14-9-21-37-19-7-2-8-20-37)41-35-28(22-26-10-3-1-4-11-26)24-40-33-18-17-30(23-31(33)35)39-25-29-16-15-27-12-5-6-13-32(27)36-29/h1,3-6,10-13,15-18,23,28,35H,2,7-9,14,19-22,24-25H2. The van der Waals surface area contributed by atoms with Crippen molar-refractivity contribution >= 4 is 16.9 Å². The van der Waals surface area contributed by atoms with E-state index in [0.29, 0.717) is 25.4 Å². The molecule has 0 aliphatic carbocycles. The smallest absolute Gasteiger partial charge is 0.306 e. The number of fused-ring (bicyclic) bond motifs is 2. The second-order valence-electron chi connectivity index (χ2n) is 11.2. The quantitative estimate of drug-likeness (QED) is 0.200. The SMILES string of the molecule is O=C(CCCN1CCCCC1)OC1c2cc(OCc3ccc4ccccc4n3)ccc2OCC1Cc1ccccc1. The van der Waals surface area contributed by atoms with Gasteiger partial charge in [0.25, 0.3) is 0 Å². The van der Waals surface area contributed by atoms with Crippen molar-refractivity contribution in [2.24, 2.45) is 5.92 Å². The van der Waals surface area contributed by atoms with Gasteiger partial charge < -0.3 is 19.1 Å². The molecule has 0 saturated carbocycles. The van der Waals surface area contributed by atoms with Crippen LogP contribution in [0.1, 0.15) is 55.0 Å². The number of pyridine rings is 1. The van der Waals surface area contributed by atoms with Crippen LogP contribution in [0.25, 0.3) is 10.9 Å². The molecule has 2 unspecified atom stereocenters. The molecule has 6 rings (SSSR count). The van der Waals surface area contributed by atoms with Gasteiger partial charge in [0.2, 0.25) is 0 Å². The Hall–Kier alpha value is -3.90. The number of benzene rings is 3. The van der Waals surface area contributed by atoms with Gasteiger partial charge in [-0.2, -0.15) is 0 Å². The van der Waals surface area contributed by atoms with Gasteiger partial charge in [-0.25, -0.2) is 4.98 Å². The van der Waals surface area contributed by atoms with Gasteiger partial charge in [0.15, 0.2) is 0 Å². The summed E-state index contributed by atoms with van der Waals surface area (Å²) >= 11 is 0. The third-order valence-corrected chi connectivity index (χ3v) is 8.11. The molecule has 2 aliphatic rings. The molecule has 4 aromatic rings. The lowest BCUT2D eigenvalue weighted by Gasteiger charge is -2.33. The largest absolute Gasteiger partial charge is 0.493 e. The minimum atomic E-state index is -0.399. The number of hydrogen-bond acceptors (Lipinski definition) is 6. The molecule has 1 aromatic heterocycles. The Bertz CT molecular complexity index is 1450. The van der Waals surface area contributed by atoms with Gasteiger partial charge in [-0.15, -0.1) is 0 Å². The maximum Gasteiger partial charge on any atom is 0.306 e. The first-order valence-corrected chi connectivity index (χ1v) is 14.9. The van der Waals surface area contributed by atoms with E-state index in [4.69, 9.17) is 19.2 Å². The molecule has 3 aromatic carbocycles. The summed E-state index contributed by atoms with van der Waals surface area (Å²) in [6.07, 6.45) is 5.43. The molecule has 0 spiro atoms. The van der Waals surface area contributed by atoms with Crippen LogP contribution in [0.5, 0.6) is 11.5 Å². The Morgan fingerprint density at radius 2 is 1.76 bits per heavy atom. The highest BCUT2D eigenvalue weighted by atomic mass is 16.6. The van der Waals surface area contributed by atoms with Gasteiger partial charge in [-0.3, -0.25) is 4.79 Å². The van der Waals surface area contributed by atoms with E-state index in [1.807, 2.05) is 60.7 Å². The molecule has 0 N–H and O–H groups in total. The summed E-state index contributed by atoms with van der Waals surface area (Å²) in [5.74, 6) is 1.31. The summed E-state index contributed by atoms with van der Waals surface area (Å²) in [4.78, 5) is 20.3. The number of rotatable bonds is 10. The molecule has 1 fully saturated rings. The van der Waals surface area contributed by atoms with Crippen LogP contribution in [-0.4, -0.2) is 42.1 Å². The molecule has 41 heavy (non-hydrogen) atoms. The Morgan fingerprint density at radius 1 is 0.927 bits per heavy atom. The molecule has 0 amide bonds. The van der Waals surface area contributed by atoms with Crippen LogP contribution >= 0.6 is 0 Å². The number of ether oxygens (including phenoxy) is 3. The lowest BCUT2D eigenvalue weighted by Crippen LogP contribution is -2.32. The molecule has 2 atom stereocenters. The Morgan fingerprint density at radius 3 is 2.63 bits per heavy atom. The molecule has 3 heterocycles. The van der Waals surface area contributed by atoms with Gasteiger partial charge >= 0.3 is 5.97 Å². The van der Waals surface area contributed by atoms with E-state index in [1.165, 1.54) is 24.8 Å². The summed E-state index contributed by atoms with van der Waals surface area (Å²) in [5, 5.41) is 1.10. The van der Waals surface area contributed by atoms with E-state index < -0.39 is 6.10 Å². The number of esters is 1. The Kier molecular flexibility index (Phi) is 8.77. The van der Waals surface area contributed by atoms with Crippen LogP contribution in [0, 0.1) is 5.92 Å². The van der Waals surface area contributed by atoms with Crippen molar-refractivity contribution in [2.45, 2.75) is 51.2 Å². The van der Waals surface area contributed by atoms with Crippen molar-refractivity contribution in [1.82, 2.24) is 9.88 Å². The monoisotopic (exact) mass is 550 g/mol. The van der Waals surface area contributed by atoms with Crippen LogP contribution < -0.4 is 9.47 Å². The third-order valence-electron chi connectivity index (χ3n) is 8.11. The maximum absolute atomic E-state index is 13.1. The molecular formula is C35H38N2O4. The predicted octanol–water partition coefficient (Wildman–Crippen LogP) is 6.92. The number of nitrogens with zero attached hydrogens (tertiary/aromatic N) is 2. The van der Waals surface area contributed by atoms with Crippen molar-refractivity contribution in [3.8, 4) is 11.5 Å². The number of piperidine rings is 1. The molecule has 6 heteroatoms. The summed E-state index contributed by atoms with van der Waals surface area (Å²) in [6.45, 7) is 4.07. The van der Waals surface area contributed by atoms with E-state index in [1.54, 1.807) is 0 Å². The van der Waals surface area contributed by atoms with Gasteiger partial charge in [-0.05, 0) is 81.2 Å². The maximum atomic E-state index is 13.1. The molecular weight excluding hydrogens is 512 g/mol. The van der Waals surface area contributed by atoms with Crippen molar-refractivity contribution in [2.75, 3.05) is 26.2 Å². The average molecular weight is 551 g/mol. The second-order valence-corrected chi connectivity index (χ2v) is 11.2. The number of aromatic nitrogens is 1. The lowest BCUT2D eigenvalue weighted by molar-refractivity contribution is -0.154. The number of para-hydroxylation sites is 1. The predicted molar refractivity (Wildman–Crippen MR) is 160 cm³/mol. The Balaban J connectivity index is 1.16. The first-order chi connectivity index (χ1) is 20.2. The molecule has 6 nitrogen and oxygen atoms in total. The first kappa shape index (κ1) is 27.3. The fraction of sp³-hybridized carbons (Fsp3) is 0.371. The van der Waals surface area contributed by atoms with E-state index >= 15 is 0 Å². The van der Waals surface area contributed by atoms with Gasteiger partial charge in [0, 0.05) is 23.3 Å². The van der Waals surface area contributed by atoms with E-state index in [2.05, 4.69) is 29.2 Å². The zero-order valence-corrected chi connectivity index (χ0v) is 23.5. The highest BCUT2D eigenvalue weighted by Crippen LogP contribution is 2.41. The summed E-state index contributed by atoms with van der Waals surface area (Å²) in [7, 11) is 0. The Labute approximate surface area is 242 Å². The number of hydrogen-bond donors (Lipinski definition) is 0. The highest BCUT2D eigenvalue weighted by Gasteiger charge is 2.34. The summed E-state index contributed by atoms with van der Waals surface area (Å²) in [6, 6.07) is 28.3. The summed E-state index contributed by atoms with van der Waals surface area (Å²) < 4.78 is 18.6. The topological polar surface area (TPSA) is 60.9 Å². The van der Waals surface area contributed by atoms with Crippen molar-refractivity contribution in [1.29, 1.82) is 0 Å². The first-order valence-electron chi connectivity index (χ1n) is 14.9. The highest BCUT2D eigenvalue weighted by molar-refractivity contribution is 5.78. The van der Waals surface area contributed by atoms with E-state index in [-0.39, 0.29) is 11.9 Å². The van der Waals surface area contributed by atoms with Crippen molar-refractivity contribution in [3.63, 3.8) is 0 Å².